The third-order valence-electron chi connectivity index (χ3n) is 1.28. The second kappa shape index (κ2) is 1.82. The van der Waals surface area contributed by atoms with Crippen molar-refractivity contribution in [3.05, 3.63) is 11.8 Å². The zero-order valence-electron chi connectivity index (χ0n) is 5.71. The van der Waals surface area contributed by atoms with Crippen LogP contribution in [-0.2, 0) is 0 Å². The van der Waals surface area contributed by atoms with Crippen LogP contribution in [0.25, 0.3) is 0 Å². The predicted octanol–water partition coefficient (Wildman–Crippen LogP) is 0.912. The average molecular weight is 114 g/mol. The molecule has 0 nitrogen and oxygen atoms in total. The molecule has 42 valence electrons. The lowest BCUT2D eigenvalue weighted by molar-refractivity contribution is 0.532. The van der Waals surface area contributed by atoms with Gasteiger partial charge in [-0.15, -0.1) is 6.58 Å². The van der Waals surface area contributed by atoms with Crippen LogP contribution in [0.2, 0.25) is 0 Å². The van der Waals surface area contributed by atoms with Gasteiger partial charge in [0.2, 0.25) is 0 Å². The van der Waals surface area contributed by atoms with Crippen LogP contribution < -0.4 is 0 Å². The fraction of sp³-hybridized carbons (Fsp3) is 0.667. The van der Waals surface area contributed by atoms with E-state index in [2.05, 4.69) is 27.4 Å². The molecule has 0 heterocycles. The molecule has 1 heteroatoms. The molecule has 0 saturated carbocycles. The van der Waals surface area contributed by atoms with E-state index in [-0.39, 0.29) is 0 Å². The Morgan fingerprint density at radius 2 is 1.57 bits per heavy atom. The van der Waals surface area contributed by atoms with Crippen molar-refractivity contribution in [2.24, 2.45) is 5.41 Å². The molecule has 0 aromatic heterocycles. The molecule has 0 rings (SSSR count). The molecule has 0 aliphatic heterocycles. The molecule has 0 saturated heterocycles. The summed E-state index contributed by atoms with van der Waals surface area (Å²) < 4.78 is 0. The Hall–Kier alpha value is -0.0431. The molecule has 0 N–H and O–H groups in total. The summed E-state index contributed by atoms with van der Waals surface area (Å²) in [4.78, 5) is 0. The van der Waals surface area contributed by atoms with Gasteiger partial charge < -0.3 is 0 Å². The predicted molar refractivity (Wildman–Crippen MR) is 38.5 cm³/mol. The maximum Gasteiger partial charge on any atom is 0.0332 e. The van der Waals surface area contributed by atoms with E-state index in [1.54, 1.807) is 0 Å². The standard InChI is InChI=1S/C6H14Si/c1-5(7)6(2,3)4/h1H2,2-4,7H3. The molecular weight excluding hydrogens is 100 g/mol. The van der Waals surface area contributed by atoms with E-state index in [9.17, 15) is 0 Å². The van der Waals surface area contributed by atoms with Crippen LogP contribution in [0.1, 0.15) is 20.8 Å². The molecular formula is C6H14Si. The fourth-order valence-electron chi connectivity index (χ4n) is 0. The molecule has 0 aliphatic carbocycles. The van der Waals surface area contributed by atoms with Crippen molar-refractivity contribution in [1.29, 1.82) is 0 Å². The maximum absolute atomic E-state index is 3.89. The van der Waals surface area contributed by atoms with Crippen LogP contribution in [0, 0.1) is 5.41 Å². The molecule has 7 heavy (non-hydrogen) atoms. The number of hydrogen-bond acceptors (Lipinski definition) is 0. The first-order valence-corrected chi connectivity index (χ1v) is 3.60. The molecule has 0 aliphatic rings. The monoisotopic (exact) mass is 114 g/mol. The van der Waals surface area contributed by atoms with Crippen molar-refractivity contribution in [2.45, 2.75) is 20.8 Å². The van der Waals surface area contributed by atoms with Gasteiger partial charge in [-0.05, 0) is 5.41 Å². The topological polar surface area (TPSA) is 0 Å². The lowest BCUT2D eigenvalue weighted by Crippen LogP contribution is -2.07. The summed E-state index contributed by atoms with van der Waals surface area (Å²) in [7, 11) is 1.13. The number of hydrogen-bond donors (Lipinski definition) is 0. The van der Waals surface area contributed by atoms with Gasteiger partial charge in [0.25, 0.3) is 0 Å². The van der Waals surface area contributed by atoms with E-state index < -0.39 is 0 Å². The highest BCUT2D eigenvalue weighted by Gasteiger charge is 2.08. The van der Waals surface area contributed by atoms with Gasteiger partial charge in [0.1, 0.15) is 0 Å². The summed E-state index contributed by atoms with van der Waals surface area (Å²) in [6, 6.07) is 0. The quantitative estimate of drug-likeness (QED) is 0.411. The molecule has 0 bridgehead atoms. The number of rotatable bonds is 0. The minimum absolute atomic E-state index is 0.367. The Bertz CT molecular complexity index is 76.7. The van der Waals surface area contributed by atoms with Crippen LogP contribution in [-0.4, -0.2) is 10.2 Å². The van der Waals surface area contributed by atoms with Crippen LogP contribution in [0.4, 0.5) is 0 Å². The lowest BCUT2D eigenvalue weighted by Gasteiger charge is -2.17. The summed E-state index contributed by atoms with van der Waals surface area (Å²) in [6.45, 7) is 10.5. The highest BCUT2D eigenvalue weighted by molar-refractivity contribution is 6.21. The minimum atomic E-state index is 0.367. The first-order chi connectivity index (χ1) is 2.94. The van der Waals surface area contributed by atoms with Crippen LogP contribution >= 0.6 is 0 Å². The Kier molecular flexibility index (Phi) is 1.81. The summed E-state index contributed by atoms with van der Waals surface area (Å²) in [5.74, 6) is 0. The highest BCUT2D eigenvalue weighted by atomic mass is 28.1. The van der Waals surface area contributed by atoms with Crippen LogP contribution in [0.5, 0.6) is 0 Å². The first kappa shape index (κ1) is 6.96. The van der Waals surface area contributed by atoms with Gasteiger partial charge in [0, 0.05) is 10.2 Å². The molecule has 0 amide bonds. The largest absolute Gasteiger partial charge is 0.104 e. The van der Waals surface area contributed by atoms with Gasteiger partial charge in [0.15, 0.2) is 0 Å². The second-order valence-corrected chi connectivity index (χ2v) is 4.24. The summed E-state index contributed by atoms with van der Waals surface area (Å²) >= 11 is 0. The molecule has 0 aromatic rings. The van der Waals surface area contributed by atoms with Gasteiger partial charge in [-0.3, -0.25) is 0 Å². The molecule has 0 spiro atoms. The van der Waals surface area contributed by atoms with Gasteiger partial charge in [-0.2, -0.15) is 0 Å². The van der Waals surface area contributed by atoms with E-state index in [0.717, 1.165) is 10.2 Å². The maximum atomic E-state index is 3.89. The summed E-state index contributed by atoms with van der Waals surface area (Å²) in [5, 5.41) is 1.38. The first-order valence-electron chi connectivity index (χ1n) is 2.60. The van der Waals surface area contributed by atoms with Gasteiger partial charge in [-0.1, -0.05) is 26.0 Å². The van der Waals surface area contributed by atoms with Crippen LogP contribution in [0.15, 0.2) is 11.8 Å². The van der Waals surface area contributed by atoms with Gasteiger partial charge >= 0.3 is 0 Å². The Morgan fingerprint density at radius 3 is 1.57 bits per heavy atom. The smallest absolute Gasteiger partial charge is 0.0332 e. The van der Waals surface area contributed by atoms with Gasteiger partial charge in [-0.25, -0.2) is 0 Å². The van der Waals surface area contributed by atoms with Crippen molar-refractivity contribution in [2.75, 3.05) is 0 Å². The third kappa shape index (κ3) is 2.63. The van der Waals surface area contributed by atoms with Crippen molar-refractivity contribution >= 4 is 10.2 Å². The van der Waals surface area contributed by atoms with Crippen molar-refractivity contribution in [3.8, 4) is 0 Å². The van der Waals surface area contributed by atoms with E-state index in [4.69, 9.17) is 0 Å². The average Bonchev–Trinajstić information content (AvgIpc) is 1.31. The van der Waals surface area contributed by atoms with Crippen molar-refractivity contribution in [3.63, 3.8) is 0 Å². The normalized spacial score (nSPS) is 11.9. The molecule has 0 aromatic carbocycles. The third-order valence-corrected chi connectivity index (χ3v) is 2.78. The lowest BCUT2D eigenvalue weighted by atomic mass is 9.97. The zero-order chi connectivity index (χ0) is 6.08. The van der Waals surface area contributed by atoms with Crippen LogP contribution in [0.3, 0.4) is 0 Å². The van der Waals surface area contributed by atoms with E-state index in [1.165, 1.54) is 5.20 Å². The Morgan fingerprint density at radius 1 is 1.43 bits per heavy atom. The zero-order valence-corrected chi connectivity index (χ0v) is 7.71. The van der Waals surface area contributed by atoms with E-state index in [0.29, 0.717) is 5.41 Å². The highest BCUT2D eigenvalue weighted by Crippen LogP contribution is 2.19. The molecule has 0 radical (unpaired) electrons. The summed E-state index contributed by atoms with van der Waals surface area (Å²) in [6.07, 6.45) is 0. The molecule has 0 atom stereocenters. The van der Waals surface area contributed by atoms with Gasteiger partial charge in [0.05, 0.1) is 0 Å². The molecule has 0 fully saturated rings. The van der Waals surface area contributed by atoms with E-state index >= 15 is 0 Å². The van der Waals surface area contributed by atoms with Crippen molar-refractivity contribution in [1.82, 2.24) is 0 Å². The Labute approximate surface area is 49.0 Å². The second-order valence-electron chi connectivity index (χ2n) is 3.03. The molecule has 0 unspecified atom stereocenters. The van der Waals surface area contributed by atoms with Crippen molar-refractivity contribution < 1.29 is 0 Å². The number of allylic oxidation sites excluding steroid dienone is 1. The summed E-state index contributed by atoms with van der Waals surface area (Å²) in [5.41, 5.74) is 0.367. The minimum Gasteiger partial charge on any atom is -0.104 e. The Balaban J connectivity index is 3.79. The SMILES string of the molecule is C=C([SiH3])C(C)(C)C. The fourth-order valence-corrected chi connectivity index (χ4v) is 0. The van der Waals surface area contributed by atoms with E-state index in [1.807, 2.05) is 0 Å².